The van der Waals surface area contributed by atoms with Crippen molar-refractivity contribution in [2.75, 3.05) is 4.31 Å². The zero-order valence-corrected chi connectivity index (χ0v) is 24.2. The molecule has 0 aliphatic carbocycles. The number of rotatable bonds is 10. The van der Waals surface area contributed by atoms with Gasteiger partial charge in [-0.2, -0.15) is 0 Å². The number of halogens is 1. The molecule has 1 heterocycles. The van der Waals surface area contributed by atoms with Crippen molar-refractivity contribution in [2.24, 2.45) is 0 Å². The van der Waals surface area contributed by atoms with Crippen molar-refractivity contribution < 1.29 is 27.5 Å². The molecule has 6 rings (SSSR count). The lowest BCUT2D eigenvalue weighted by molar-refractivity contribution is -0.138. The number of hydrogen-bond donors (Lipinski definition) is 1. The van der Waals surface area contributed by atoms with Crippen molar-refractivity contribution in [1.82, 2.24) is 0 Å². The molecule has 0 fully saturated rings. The number of benzene rings is 5. The summed E-state index contributed by atoms with van der Waals surface area (Å²) in [6, 6.07) is 36.8. The summed E-state index contributed by atoms with van der Waals surface area (Å²) < 4.78 is 46.8. The van der Waals surface area contributed by atoms with Crippen LogP contribution in [-0.4, -0.2) is 25.9 Å². The first-order valence-electron chi connectivity index (χ1n) is 14.0. The van der Waals surface area contributed by atoms with Crippen LogP contribution in [0.2, 0.25) is 0 Å². The Morgan fingerprint density at radius 3 is 2.02 bits per heavy atom. The molecule has 0 aliphatic heterocycles. The highest BCUT2D eigenvalue weighted by atomic mass is 32.2. The van der Waals surface area contributed by atoms with Crippen LogP contribution in [0.5, 0.6) is 0 Å². The van der Waals surface area contributed by atoms with Crippen LogP contribution in [0.25, 0.3) is 33.2 Å². The van der Waals surface area contributed by atoms with E-state index < -0.39 is 29.1 Å². The third-order valence-corrected chi connectivity index (χ3v) is 8.34. The summed E-state index contributed by atoms with van der Waals surface area (Å²) >= 11 is -3.04. The third-order valence-electron chi connectivity index (χ3n) is 7.57. The molecule has 0 bridgehead atoms. The van der Waals surface area contributed by atoms with Gasteiger partial charge in [0.25, 0.3) is 0 Å². The van der Waals surface area contributed by atoms with E-state index in [-0.39, 0.29) is 12.1 Å². The largest absolute Gasteiger partial charge is 0.755 e. The standard InChI is InChI=1S/C36H28FNO5S/c37-30-23-28(19-20-31(30)38(44(41)42)32(36(39)40)21-24-9-3-1-4-10-24)26-15-17-27(18-16-26)35-29-13-7-8-14-33(29)43-34(35)22-25-11-5-2-6-12-25/h1-20,23,32H,21-22H2,(H,39,40)(H,41,42)/p-1. The molecule has 0 saturated heterocycles. The van der Waals surface area contributed by atoms with Gasteiger partial charge < -0.3 is 14.1 Å². The van der Waals surface area contributed by atoms with Crippen LogP contribution in [0, 0.1) is 5.82 Å². The Morgan fingerprint density at radius 2 is 1.39 bits per heavy atom. The number of para-hydroxylation sites is 1. The molecule has 6 nitrogen and oxygen atoms in total. The van der Waals surface area contributed by atoms with E-state index in [1.807, 2.05) is 66.7 Å². The lowest BCUT2D eigenvalue weighted by atomic mass is 9.96. The van der Waals surface area contributed by atoms with Crippen molar-refractivity contribution >= 4 is 33.9 Å². The van der Waals surface area contributed by atoms with E-state index in [0.717, 1.165) is 33.4 Å². The number of fused-ring (bicyclic) bond motifs is 1. The predicted molar refractivity (Wildman–Crippen MR) is 169 cm³/mol. The minimum Gasteiger partial charge on any atom is -0.755 e. The Bertz CT molecular complexity index is 1940. The van der Waals surface area contributed by atoms with E-state index in [1.54, 1.807) is 36.4 Å². The number of furan rings is 1. The first-order chi connectivity index (χ1) is 21.4. The monoisotopic (exact) mass is 604 g/mol. The van der Waals surface area contributed by atoms with Gasteiger partial charge in [-0.3, -0.25) is 8.51 Å². The third kappa shape index (κ3) is 6.04. The van der Waals surface area contributed by atoms with E-state index in [4.69, 9.17) is 4.42 Å². The molecular formula is C36H27FNO5S-. The Kier molecular flexibility index (Phi) is 8.36. The normalized spacial score (nSPS) is 12.6. The van der Waals surface area contributed by atoms with Gasteiger partial charge in [-0.25, -0.2) is 9.18 Å². The highest BCUT2D eigenvalue weighted by Gasteiger charge is 2.29. The van der Waals surface area contributed by atoms with Crippen LogP contribution >= 0.6 is 0 Å². The fourth-order valence-corrected chi connectivity index (χ4v) is 6.15. The molecule has 8 heteroatoms. The number of nitrogens with zero attached hydrogens (tertiary/aromatic N) is 1. The van der Waals surface area contributed by atoms with Gasteiger partial charge >= 0.3 is 5.97 Å². The smallest absolute Gasteiger partial charge is 0.327 e. The van der Waals surface area contributed by atoms with Crippen molar-refractivity contribution in [1.29, 1.82) is 0 Å². The molecule has 5 aromatic carbocycles. The summed E-state index contributed by atoms with van der Waals surface area (Å²) in [5.74, 6) is -1.38. The number of carboxylic acid groups (broad SMARTS) is 1. The zero-order chi connectivity index (χ0) is 30.6. The number of carboxylic acids is 1. The Hall–Kier alpha value is -5.05. The average Bonchev–Trinajstić information content (AvgIpc) is 3.40. The van der Waals surface area contributed by atoms with Gasteiger partial charge in [-0.15, -0.1) is 0 Å². The SMILES string of the molecule is O=C(O)C(Cc1ccccc1)N(c1ccc(-c2ccc(-c3c(Cc4ccccc4)oc4ccccc34)cc2)cc1F)S(=O)[O-]. The molecule has 0 amide bonds. The highest BCUT2D eigenvalue weighted by molar-refractivity contribution is 7.80. The summed E-state index contributed by atoms with van der Waals surface area (Å²) in [5.41, 5.74) is 5.37. The molecule has 0 aliphatic rings. The van der Waals surface area contributed by atoms with Crippen molar-refractivity contribution in [3.05, 3.63) is 150 Å². The summed E-state index contributed by atoms with van der Waals surface area (Å²) in [5, 5.41) is 10.9. The number of aliphatic carboxylic acids is 1. The minimum absolute atomic E-state index is 0.123. The van der Waals surface area contributed by atoms with Gasteiger partial charge in [-0.05, 0) is 46.0 Å². The lowest BCUT2D eigenvalue weighted by Gasteiger charge is -2.32. The fourth-order valence-electron chi connectivity index (χ4n) is 5.47. The van der Waals surface area contributed by atoms with E-state index in [2.05, 4.69) is 12.1 Å². The fraction of sp³-hybridized carbons (Fsp3) is 0.0833. The van der Waals surface area contributed by atoms with Gasteiger partial charge in [0.15, 0.2) is 0 Å². The maximum absolute atomic E-state index is 15.5. The van der Waals surface area contributed by atoms with Crippen LogP contribution in [0.3, 0.4) is 0 Å². The highest BCUT2D eigenvalue weighted by Crippen LogP contribution is 2.37. The molecule has 2 unspecified atom stereocenters. The molecule has 2 atom stereocenters. The maximum atomic E-state index is 15.5. The molecule has 1 aromatic heterocycles. The minimum atomic E-state index is -3.04. The van der Waals surface area contributed by atoms with Crippen LogP contribution in [-0.2, 0) is 28.9 Å². The maximum Gasteiger partial charge on any atom is 0.327 e. The molecule has 44 heavy (non-hydrogen) atoms. The second-order valence-electron chi connectivity index (χ2n) is 10.4. The Balaban J connectivity index is 1.31. The number of carbonyl (C=O) groups is 1. The van der Waals surface area contributed by atoms with Gasteiger partial charge in [0.2, 0.25) is 0 Å². The first kappa shape index (κ1) is 29.0. The number of hydrogen-bond acceptors (Lipinski definition) is 4. The Labute approximate surface area is 256 Å². The quantitative estimate of drug-likeness (QED) is 0.161. The van der Waals surface area contributed by atoms with Crippen molar-refractivity contribution in [3.63, 3.8) is 0 Å². The molecular weight excluding hydrogens is 577 g/mol. The van der Waals surface area contributed by atoms with Crippen molar-refractivity contribution in [2.45, 2.75) is 18.9 Å². The lowest BCUT2D eigenvalue weighted by Crippen LogP contribution is -2.44. The van der Waals surface area contributed by atoms with Gasteiger partial charge in [-0.1, -0.05) is 109 Å². The van der Waals surface area contributed by atoms with Crippen LogP contribution in [0.15, 0.2) is 132 Å². The van der Waals surface area contributed by atoms with Gasteiger partial charge in [0.1, 0.15) is 23.2 Å². The van der Waals surface area contributed by atoms with E-state index in [9.17, 15) is 18.7 Å². The van der Waals surface area contributed by atoms with E-state index >= 15 is 4.39 Å². The summed E-state index contributed by atoms with van der Waals surface area (Å²) in [6.07, 6.45) is 0.500. The molecule has 6 aromatic rings. The summed E-state index contributed by atoms with van der Waals surface area (Å²) in [7, 11) is 0. The average molecular weight is 605 g/mol. The summed E-state index contributed by atoms with van der Waals surface area (Å²) in [6.45, 7) is 0. The summed E-state index contributed by atoms with van der Waals surface area (Å²) in [4.78, 5) is 12.1. The zero-order valence-electron chi connectivity index (χ0n) is 23.4. The second-order valence-corrected chi connectivity index (χ2v) is 11.2. The topological polar surface area (TPSA) is 93.8 Å². The first-order valence-corrected chi connectivity index (χ1v) is 15.0. The number of anilines is 1. The molecule has 0 radical (unpaired) electrons. The van der Waals surface area contributed by atoms with Gasteiger partial charge in [0.05, 0.1) is 5.69 Å². The van der Waals surface area contributed by atoms with Crippen molar-refractivity contribution in [3.8, 4) is 22.3 Å². The van der Waals surface area contributed by atoms with Crippen LogP contribution < -0.4 is 4.31 Å². The van der Waals surface area contributed by atoms with E-state index in [0.29, 0.717) is 27.4 Å². The van der Waals surface area contributed by atoms with E-state index in [1.165, 1.54) is 12.1 Å². The Morgan fingerprint density at radius 1 is 0.795 bits per heavy atom. The van der Waals surface area contributed by atoms with Crippen LogP contribution in [0.4, 0.5) is 10.1 Å². The molecule has 0 spiro atoms. The molecule has 1 N–H and O–H groups in total. The van der Waals surface area contributed by atoms with Crippen LogP contribution in [0.1, 0.15) is 16.9 Å². The second kappa shape index (κ2) is 12.7. The van der Waals surface area contributed by atoms with Gasteiger partial charge in [0, 0.05) is 35.1 Å². The molecule has 220 valence electrons. The molecule has 0 saturated carbocycles. The predicted octanol–water partition coefficient (Wildman–Crippen LogP) is 7.79.